The highest BCUT2D eigenvalue weighted by atomic mass is 15.2. The molecule has 7 rings (SSSR count). The Morgan fingerprint density at radius 2 is 0.623 bits per heavy atom. The first kappa shape index (κ1) is 37.1. The maximum atomic E-state index is 2.60. The van der Waals surface area contributed by atoms with E-state index in [1.165, 1.54) is 78.3 Å². The molecular weight excluding hydrogens is 639 g/mol. The Hall–Kier alpha value is -4.24. The van der Waals surface area contributed by atoms with Crippen LogP contribution in [-0.2, 0) is 27.1 Å². The van der Waals surface area contributed by atoms with E-state index in [0.717, 1.165) is 0 Å². The summed E-state index contributed by atoms with van der Waals surface area (Å²) in [6, 6.07) is 38.1. The Morgan fingerprint density at radius 1 is 0.340 bits per heavy atom. The molecule has 2 aliphatic rings. The van der Waals surface area contributed by atoms with E-state index in [1.54, 1.807) is 0 Å². The minimum atomic E-state index is -0.0695. The zero-order valence-electron chi connectivity index (χ0n) is 35.2. The molecule has 0 aromatic heterocycles. The molecule has 0 aliphatic carbocycles. The normalized spacial score (nSPS) is 14.6. The summed E-state index contributed by atoms with van der Waals surface area (Å²) in [4.78, 5) is 5.20. The lowest BCUT2D eigenvalue weighted by Gasteiger charge is -2.45. The fourth-order valence-corrected chi connectivity index (χ4v) is 8.10. The summed E-state index contributed by atoms with van der Waals surface area (Å²) >= 11 is 0. The molecule has 5 aromatic rings. The van der Waals surface area contributed by atoms with E-state index in [9.17, 15) is 0 Å². The Morgan fingerprint density at radius 3 is 0.925 bits per heavy atom. The van der Waals surface area contributed by atoms with Gasteiger partial charge in [0, 0.05) is 34.1 Å². The molecule has 0 unspecified atom stereocenters. The number of benzene rings is 5. The fourth-order valence-electron chi connectivity index (χ4n) is 8.10. The zero-order valence-corrected chi connectivity index (χ0v) is 35.2. The van der Waals surface area contributed by atoms with Crippen LogP contribution >= 0.6 is 0 Å². The monoisotopic (exact) mass is 700 g/mol. The van der Waals surface area contributed by atoms with E-state index in [4.69, 9.17) is 0 Å². The van der Waals surface area contributed by atoms with Gasteiger partial charge in [-0.25, -0.2) is 0 Å². The van der Waals surface area contributed by atoms with Crippen molar-refractivity contribution in [1.29, 1.82) is 0 Å². The van der Waals surface area contributed by atoms with Crippen molar-refractivity contribution in [2.45, 2.75) is 131 Å². The van der Waals surface area contributed by atoms with Crippen molar-refractivity contribution in [3.05, 3.63) is 125 Å². The minimum absolute atomic E-state index is 0.000885. The SMILES string of the molecule is CC(C)(C)c1cc(N2c3ccccc3B3c4ccccc4N(c4cc(C(C)(C)C)cc(C(C)(C)C)c4)c4cc(C(C)(C)C)cc2c43)cc(C(C)(C)C)c1. The van der Waals surface area contributed by atoms with Gasteiger partial charge in [0.1, 0.15) is 0 Å². The van der Waals surface area contributed by atoms with Gasteiger partial charge >= 0.3 is 0 Å². The van der Waals surface area contributed by atoms with Crippen molar-refractivity contribution in [2.24, 2.45) is 0 Å². The van der Waals surface area contributed by atoms with Crippen LogP contribution in [0.15, 0.2) is 97.1 Å². The first-order valence-electron chi connectivity index (χ1n) is 19.7. The number of rotatable bonds is 2. The third kappa shape index (κ3) is 6.53. The van der Waals surface area contributed by atoms with Crippen LogP contribution in [0.5, 0.6) is 0 Å². The summed E-state index contributed by atoms with van der Waals surface area (Å²) < 4.78 is 0. The molecule has 5 aromatic carbocycles. The molecular formula is C50H61BN2. The molecule has 0 saturated heterocycles. The second kappa shape index (κ2) is 12.1. The van der Waals surface area contributed by atoms with Gasteiger partial charge in [0.25, 0.3) is 6.71 Å². The van der Waals surface area contributed by atoms with Gasteiger partial charge in [-0.2, -0.15) is 0 Å². The maximum Gasteiger partial charge on any atom is 0.252 e. The standard InChI is InChI=1S/C50H61BN2/c1-46(2,3)32-24-33(47(4,5)6)27-37(26-32)52-41-22-18-16-20-39(41)51-40-21-17-19-23-42(40)53(44-31-36(50(13,14)15)30-43(52)45(44)51)38-28-34(48(7,8)9)25-35(29-38)49(10,11)12/h16-31H,1-15H3. The molecule has 0 radical (unpaired) electrons. The van der Waals surface area contributed by atoms with Gasteiger partial charge in [0.2, 0.25) is 0 Å². The molecule has 0 spiro atoms. The van der Waals surface area contributed by atoms with Crippen LogP contribution in [0.1, 0.15) is 132 Å². The average molecular weight is 701 g/mol. The first-order valence-corrected chi connectivity index (χ1v) is 19.7. The van der Waals surface area contributed by atoms with Crippen molar-refractivity contribution < 1.29 is 0 Å². The molecule has 0 atom stereocenters. The van der Waals surface area contributed by atoms with Gasteiger partial charge < -0.3 is 9.80 Å². The molecule has 2 heterocycles. The summed E-state index contributed by atoms with van der Waals surface area (Å²) in [5, 5.41) is 0. The molecule has 3 heteroatoms. The van der Waals surface area contributed by atoms with Crippen LogP contribution < -0.4 is 26.2 Å². The molecule has 0 bridgehead atoms. The lowest BCUT2D eigenvalue weighted by Crippen LogP contribution is -2.61. The molecule has 274 valence electrons. The largest absolute Gasteiger partial charge is 0.311 e. The zero-order chi connectivity index (χ0) is 38.6. The highest BCUT2D eigenvalue weighted by Gasteiger charge is 2.44. The van der Waals surface area contributed by atoms with E-state index < -0.39 is 0 Å². The van der Waals surface area contributed by atoms with Gasteiger partial charge in [-0.15, -0.1) is 0 Å². The van der Waals surface area contributed by atoms with Gasteiger partial charge in [0.05, 0.1) is 0 Å². The molecule has 2 nitrogen and oxygen atoms in total. The second-order valence-corrected chi connectivity index (χ2v) is 20.9. The van der Waals surface area contributed by atoms with Crippen molar-refractivity contribution >= 4 is 57.2 Å². The predicted molar refractivity (Wildman–Crippen MR) is 234 cm³/mol. The number of hydrogen-bond donors (Lipinski definition) is 0. The number of para-hydroxylation sites is 2. The Kier molecular flexibility index (Phi) is 8.50. The number of nitrogens with zero attached hydrogens (tertiary/aromatic N) is 2. The number of fused-ring (bicyclic) bond motifs is 4. The van der Waals surface area contributed by atoms with E-state index in [-0.39, 0.29) is 33.8 Å². The fraction of sp³-hybridized carbons (Fsp3) is 0.400. The smallest absolute Gasteiger partial charge is 0.252 e. The number of anilines is 6. The molecule has 0 N–H and O–H groups in total. The summed E-state index contributed by atoms with van der Waals surface area (Å²) in [6.45, 7) is 35.3. The van der Waals surface area contributed by atoms with Gasteiger partial charge in [-0.05, 0) is 120 Å². The molecule has 0 saturated carbocycles. The maximum absolute atomic E-state index is 2.60. The minimum Gasteiger partial charge on any atom is -0.311 e. The number of hydrogen-bond acceptors (Lipinski definition) is 2. The highest BCUT2D eigenvalue weighted by molar-refractivity contribution is 7.00. The van der Waals surface area contributed by atoms with E-state index in [0.29, 0.717) is 0 Å². The molecule has 0 amide bonds. The predicted octanol–water partition coefficient (Wildman–Crippen LogP) is 12.3. The van der Waals surface area contributed by atoms with Crippen LogP contribution in [0.4, 0.5) is 34.1 Å². The summed E-state index contributed by atoms with van der Waals surface area (Å²) in [7, 11) is 0. The summed E-state index contributed by atoms with van der Waals surface area (Å²) in [6.07, 6.45) is 0. The quantitative estimate of drug-likeness (QED) is 0.166. The second-order valence-electron chi connectivity index (χ2n) is 20.9. The lowest BCUT2D eigenvalue weighted by atomic mass is 9.33. The van der Waals surface area contributed by atoms with Gasteiger partial charge in [0.15, 0.2) is 0 Å². The van der Waals surface area contributed by atoms with Crippen LogP contribution in [-0.4, -0.2) is 6.71 Å². The molecule has 2 aliphatic heterocycles. The van der Waals surface area contributed by atoms with Crippen molar-refractivity contribution in [1.82, 2.24) is 0 Å². The molecule has 53 heavy (non-hydrogen) atoms. The van der Waals surface area contributed by atoms with Crippen LogP contribution in [0, 0.1) is 0 Å². The topological polar surface area (TPSA) is 6.48 Å². The van der Waals surface area contributed by atoms with Gasteiger partial charge in [-0.3, -0.25) is 0 Å². The van der Waals surface area contributed by atoms with E-state index in [1.807, 2.05) is 0 Å². The highest BCUT2D eigenvalue weighted by Crippen LogP contribution is 2.48. The Bertz CT molecular complexity index is 2010. The Labute approximate surface area is 321 Å². The van der Waals surface area contributed by atoms with Crippen LogP contribution in [0.2, 0.25) is 0 Å². The van der Waals surface area contributed by atoms with Crippen LogP contribution in [0.3, 0.4) is 0 Å². The summed E-state index contributed by atoms with van der Waals surface area (Å²) in [5.41, 5.74) is 18.4. The average Bonchev–Trinajstić information content (AvgIpc) is 3.05. The lowest BCUT2D eigenvalue weighted by molar-refractivity contribution is 0.568. The Balaban J connectivity index is 1.63. The third-order valence-corrected chi connectivity index (χ3v) is 11.6. The third-order valence-electron chi connectivity index (χ3n) is 11.6. The van der Waals surface area contributed by atoms with Crippen molar-refractivity contribution in [3.63, 3.8) is 0 Å². The van der Waals surface area contributed by atoms with Gasteiger partial charge in [-0.1, -0.05) is 152 Å². The first-order chi connectivity index (χ1) is 24.4. The van der Waals surface area contributed by atoms with E-state index >= 15 is 0 Å². The van der Waals surface area contributed by atoms with Crippen molar-refractivity contribution in [3.8, 4) is 0 Å². The van der Waals surface area contributed by atoms with Crippen molar-refractivity contribution in [2.75, 3.05) is 9.80 Å². The van der Waals surface area contributed by atoms with E-state index in [2.05, 4.69) is 211 Å². The summed E-state index contributed by atoms with van der Waals surface area (Å²) in [5.74, 6) is 0. The molecule has 0 fully saturated rings. The van der Waals surface area contributed by atoms with Crippen LogP contribution in [0.25, 0.3) is 0 Å².